The summed E-state index contributed by atoms with van der Waals surface area (Å²) in [5, 5.41) is 0. The zero-order chi connectivity index (χ0) is 18.1. The molecule has 3 rings (SSSR count). The Kier molecular flexibility index (Phi) is 4.85. The van der Waals surface area contributed by atoms with Crippen molar-refractivity contribution < 1.29 is 18.0 Å². The van der Waals surface area contributed by atoms with Gasteiger partial charge in [-0.3, -0.25) is 9.69 Å². The number of nitrogens with zero attached hydrogens (tertiary/aromatic N) is 3. The van der Waals surface area contributed by atoms with Crippen molar-refractivity contribution in [2.75, 3.05) is 19.6 Å². The lowest BCUT2D eigenvalue weighted by atomic mass is 10.1. The Hall–Kier alpha value is -2.28. The van der Waals surface area contributed by atoms with Crippen LogP contribution in [0.25, 0.3) is 11.5 Å². The fraction of sp³-hybridized carbons (Fsp3) is 0.444. The molecule has 134 valence electrons. The van der Waals surface area contributed by atoms with Gasteiger partial charge in [-0.05, 0) is 39.0 Å². The Balaban J connectivity index is 1.82. The number of likely N-dealkylation sites (N-methyl/N-ethyl adjacent to an activating group) is 1. The topological polar surface area (TPSA) is 49.6 Å². The predicted molar refractivity (Wildman–Crippen MR) is 88.7 cm³/mol. The molecule has 1 saturated heterocycles. The zero-order valence-corrected chi connectivity index (χ0v) is 14.6. The van der Waals surface area contributed by atoms with Gasteiger partial charge in [0.1, 0.15) is 17.4 Å². The highest BCUT2D eigenvalue weighted by molar-refractivity contribution is 5.82. The molecule has 1 amide bonds. The molecule has 1 fully saturated rings. The molecule has 0 unspecified atom stereocenters. The molecule has 0 aliphatic carbocycles. The van der Waals surface area contributed by atoms with E-state index in [1.54, 1.807) is 6.92 Å². The average molecular weight is 349 g/mol. The maximum Gasteiger partial charge on any atom is 0.239 e. The summed E-state index contributed by atoms with van der Waals surface area (Å²) in [6.07, 6.45) is 0. The summed E-state index contributed by atoms with van der Waals surface area (Å²) in [6.45, 7) is 8.09. The number of piperazine rings is 1. The van der Waals surface area contributed by atoms with Gasteiger partial charge in [0.05, 0.1) is 17.3 Å². The van der Waals surface area contributed by atoms with Gasteiger partial charge in [0.15, 0.2) is 0 Å². The number of carbonyl (C=O) groups is 1. The highest BCUT2D eigenvalue weighted by Crippen LogP contribution is 2.26. The Morgan fingerprint density at radius 2 is 2.08 bits per heavy atom. The second-order valence-corrected chi connectivity index (χ2v) is 6.21. The lowest BCUT2D eigenvalue weighted by molar-refractivity contribution is -0.141. The number of oxazole rings is 1. The fourth-order valence-corrected chi connectivity index (χ4v) is 3.05. The number of hydrogen-bond acceptors (Lipinski definition) is 4. The van der Waals surface area contributed by atoms with E-state index >= 15 is 0 Å². The summed E-state index contributed by atoms with van der Waals surface area (Å²) in [5.74, 6) is -0.462. The van der Waals surface area contributed by atoms with Crippen molar-refractivity contribution in [3.05, 3.63) is 41.3 Å². The molecular weight excluding hydrogens is 328 g/mol. The summed E-state index contributed by atoms with van der Waals surface area (Å²) in [6, 6.07) is 2.92. The number of amides is 1. The number of rotatable bonds is 4. The zero-order valence-electron chi connectivity index (χ0n) is 14.6. The standard InChI is InChI=1S/C18H21F2N3O2/c1-4-22-7-8-23(11(2)18(22)24)10-16-12(3)25-17(21-16)14-9-13(19)5-6-15(14)20/h5-6,9,11H,4,7-8,10H2,1-3H3/t11-/m0/s1. The van der Waals surface area contributed by atoms with Crippen LogP contribution in [0.1, 0.15) is 25.3 Å². The fourth-order valence-electron chi connectivity index (χ4n) is 3.05. The van der Waals surface area contributed by atoms with Gasteiger partial charge in [-0.15, -0.1) is 0 Å². The van der Waals surface area contributed by atoms with Gasteiger partial charge < -0.3 is 9.32 Å². The number of aromatic nitrogens is 1. The minimum Gasteiger partial charge on any atom is -0.441 e. The molecule has 1 aromatic heterocycles. The van der Waals surface area contributed by atoms with E-state index in [-0.39, 0.29) is 23.4 Å². The molecule has 0 bridgehead atoms. The summed E-state index contributed by atoms with van der Waals surface area (Å²) >= 11 is 0. The van der Waals surface area contributed by atoms with Gasteiger partial charge in [-0.1, -0.05) is 0 Å². The SMILES string of the molecule is CCN1CCN(Cc2nc(-c3cc(F)ccc3F)oc2C)[C@@H](C)C1=O. The average Bonchev–Trinajstić information content (AvgIpc) is 2.95. The first-order valence-corrected chi connectivity index (χ1v) is 8.35. The van der Waals surface area contributed by atoms with Crippen LogP contribution in [0.5, 0.6) is 0 Å². The third-order valence-corrected chi connectivity index (χ3v) is 4.66. The maximum atomic E-state index is 13.9. The Bertz CT molecular complexity index is 791. The first kappa shape index (κ1) is 17.5. The van der Waals surface area contributed by atoms with Crippen LogP contribution in [0.4, 0.5) is 8.78 Å². The summed E-state index contributed by atoms with van der Waals surface area (Å²) in [4.78, 5) is 20.5. The van der Waals surface area contributed by atoms with Gasteiger partial charge in [0.25, 0.3) is 0 Å². The van der Waals surface area contributed by atoms with Crippen LogP contribution in [-0.2, 0) is 11.3 Å². The van der Waals surface area contributed by atoms with E-state index in [2.05, 4.69) is 4.98 Å². The third kappa shape index (κ3) is 3.42. The van der Waals surface area contributed by atoms with Gasteiger partial charge in [0.2, 0.25) is 11.8 Å². The van der Waals surface area contributed by atoms with Gasteiger partial charge >= 0.3 is 0 Å². The second-order valence-electron chi connectivity index (χ2n) is 6.21. The Labute approximate surface area is 145 Å². The van der Waals surface area contributed by atoms with Crippen LogP contribution >= 0.6 is 0 Å². The second kappa shape index (κ2) is 6.92. The monoisotopic (exact) mass is 349 g/mol. The van der Waals surface area contributed by atoms with E-state index in [9.17, 15) is 13.6 Å². The summed E-state index contributed by atoms with van der Waals surface area (Å²) in [7, 11) is 0. The molecule has 5 nitrogen and oxygen atoms in total. The normalized spacial score (nSPS) is 18.8. The minimum absolute atomic E-state index is 0.00530. The van der Waals surface area contributed by atoms with Crippen LogP contribution in [0.3, 0.4) is 0 Å². The van der Waals surface area contributed by atoms with Gasteiger partial charge in [-0.25, -0.2) is 13.8 Å². The van der Waals surface area contributed by atoms with Crippen molar-refractivity contribution in [2.45, 2.75) is 33.4 Å². The number of hydrogen-bond donors (Lipinski definition) is 0. The molecule has 0 saturated carbocycles. The molecule has 0 radical (unpaired) electrons. The Morgan fingerprint density at radius 3 is 2.80 bits per heavy atom. The van der Waals surface area contributed by atoms with E-state index in [1.807, 2.05) is 23.6 Å². The van der Waals surface area contributed by atoms with Gasteiger partial charge in [-0.2, -0.15) is 0 Å². The molecule has 1 aliphatic rings. The van der Waals surface area contributed by atoms with Crippen LogP contribution in [0, 0.1) is 18.6 Å². The van der Waals surface area contributed by atoms with Crippen molar-refractivity contribution in [1.29, 1.82) is 0 Å². The Morgan fingerprint density at radius 1 is 1.32 bits per heavy atom. The molecule has 2 aromatic rings. The van der Waals surface area contributed by atoms with Crippen molar-refractivity contribution in [3.63, 3.8) is 0 Å². The first-order chi connectivity index (χ1) is 11.9. The third-order valence-electron chi connectivity index (χ3n) is 4.66. The van der Waals surface area contributed by atoms with E-state index in [0.717, 1.165) is 24.7 Å². The molecule has 1 atom stereocenters. The quantitative estimate of drug-likeness (QED) is 0.851. The molecular formula is C18H21F2N3O2. The number of carbonyl (C=O) groups excluding carboxylic acids is 1. The largest absolute Gasteiger partial charge is 0.441 e. The van der Waals surface area contributed by atoms with E-state index in [4.69, 9.17) is 4.42 Å². The number of benzene rings is 1. The molecule has 25 heavy (non-hydrogen) atoms. The van der Waals surface area contributed by atoms with E-state index < -0.39 is 11.6 Å². The highest BCUT2D eigenvalue weighted by atomic mass is 19.1. The van der Waals surface area contributed by atoms with Gasteiger partial charge in [0, 0.05) is 26.2 Å². The molecule has 7 heteroatoms. The van der Waals surface area contributed by atoms with Crippen LogP contribution in [0.2, 0.25) is 0 Å². The number of aryl methyl sites for hydroxylation is 1. The molecule has 0 N–H and O–H groups in total. The van der Waals surface area contributed by atoms with Crippen LogP contribution in [0.15, 0.2) is 22.6 Å². The van der Waals surface area contributed by atoms with Crippen LogP contribution in [-0.4, -0.2) is 46.4 Å². The van der Waals surface area contributed by atoms with Crippen molar-refractivity contribution in [2.24, 2.45) is 0 Å². The first-order valence-electron chi connectivity index (χ1n) is 8.35. The molecule has 0 spiro atoms. The summed E-state index contributed by atoms with van der Waals surface area (Å²) in [5.41, 5.74) is 0.623. The lowest BCUT2D eigenvalue weighted by Crippen LogP contribution is -2.55. The summed E-state index contributed by atoms with van der Waals surface area (Å²) < 4.78 is 32.9. The van der Waals surface area contributed by atoms with Crippen LogP contribution < -0.4 is 0 Å². The minimum atomic E-state index is -0.589. The lowest BCUT2D eigenvalue weighted by Gasteiger charge is -2.38. The van der Waals surface area contributed by atoms with E-state index in [0.29, 0.717) is 31.1 Å². The van der Waals surface area contributed by atoms with Crippen molar-refractivity contribution >= 4 is 5.91 Å². The predicted octanol–water partition coefficient (Wildman–Crippen LogP) is 2.98. The van der Waals surface area contributed by atoms with E-state index in [1.165, 1.54) is 0 Å². The highest BCUT2D eigenvalue weighted by Gasteiger charge is 2.31. The molecule has 1 aliphatic heterocycles. The molecule has 2 heterocycles. The molecule has 1 aromatic carbocycles. The van der Waals surface area contributed by atoms with Crippen molar-refractivity contribution in [3.8, 4) is 11.5 Å². The number of halogens is 2. The maximum absolute atomic E-state index is 13.9. The van der Waals surface area contributed by atoms with Crippen molar-refractivity contribution in [1.82, 2.24) is 14.8 Å². The smallest absolute Gasteiger partial charge is 0.239 e.